The Labute approximate surface area is 207 Å². The van der Waals surface area contributed by atoms with Gasteiger partial charge in [-0.05, 0) is 36.8 Å². The van der Waals surface area contributed by atoms with Crippen LogP contribution in [0.2, 0.25) is 0 Å². The van der Waals surface area contributed by atoms with Crippen molar-refractivity contribution in [3.05, 3.63) is 70.7 Å². The molecule has 1 fully saturated rings. The fourth-order valence-electron chi connectivity index (χ4n) is 5.97. The predicted octanol–water partition coefficient (Wildman–Crippen LogP) is 1.33. The third-order valence-electron chi connectivity index (χ3n) is 7.48. The molecule has 0 aliphatic carbocycles. The van der Waals surface area contributed by atoms with Crippen LogP contribution in [0, 0.1) is 11.8 Å². The Hall–Kier alpha value is -3.76. The summed E-state index contributed by atoms with van der Waals surface area (Å²) < 4.78 is 12.8. The standard InChI is InChI=1S/C26H27N5O5/c1-2-29-25(33)24-19(12-32)18-11-30-20(5-4-17(26(30)34)16-8-27-13-28-9-16)23(18)31(24)10-15-3-6-21-22(7-15)36-14-35-21/h3-9,13,18-19,23-24,32H,2,10-12,14H2,1H3,(H,29,33)/t18-,19-,23+,24-/m0/s1. The van der Waals surface area contributed by atoms with Crippen molar-refractivity contribution < 1.29 is 19.4 Å². The maximum absolute atomic E-state index is 13.5. The summed E-state index contributed by atoms with van der Waals surface area (Å²) in [5.41, 5.74) is 2.88. The van der Waals surface area contributed by atoms with E-state index >= 15 is 0 Å². The lowest BCUT2D eigenvalue weighted by molar-refractivity contribution is -0.127. The molecule has 2 aromatic heterocycles. The fraction of sp³-hybridized carbons (Fsp3) is 0.385. The van der Waals surface area contributed by atoms with Gasteiger partial charge in [0.2, 0.25) is 12.7 Å². The monoisotopic (exact) mass is 489 g/mol. The molecule has 3 aliphatic heterocycles. The normalized spacial score (nSPS) is 23.9. The number of nitrogens with zero attached hydrogens (tertiary/aromatic N) is 4. The van der Waals surface area contributed by atoms with Gasteiger partial charge in [-0.15, -0.1) is 0 Å². The van der Waals surface area contributed by atoms with E-state index in [1.807, 2.05) is 31.2 Å². The minimum Gasteiger partial charge on any atom is -0.454 e. The van der Waals surface area contributed by atoms with Crippen LogP contribution in [0.5, 0.6) is 11.5 Å². The summed E-state index contributed by atoms with van der Waals surface area (Å²) in [5.74, 6) is 0.847. The second-order valence-corrected chi connectivity index (χ2v) is 9.37. The third-order valence-corrected chi connectivity index (χ3v) is 7.48. The Morgan fingerprint density at radius 2 is 1.97 bits per heavy atom. The predicted molar refractivity (Wildman–Crippen MR) is 129 cm³/mol. The number of nitrogens with one attached hydrogen (secondary N) is 1. The summed E-state index contributed by atoms with van der Waals surface area (Å²) in [7, 11) is 0. The average Bonchev–Trinajstić information content (AvgIpc) is 3.58. The Morgan fingerprint density at radius 1 is 1.17 bits per heavy atom. The number of hydrogen-bond acceptors (Lipinski definition) is 8. The van der Waals surface area contributed by atoms with Crippen molar-refractivity contribution in [1.29, 1.82) is 0 Å². The van der Waals surface area contributed by atoms with Crippen LogP contribution in [0.1, 0.15) is 24.2 Å². The van der Waals surface area contributed by atoms with Gasteiger partial charge in [0, 0.05) is 61.7 Å². The van der Waals surface area contributed by atoms with E-state index in [2.05, 4.69) is 20.2 Å². The molecule has 1 amide bonds. The smallest absolute Gasteiger partial charge is 0.258 e. The van der Waals surface area contributed by atoms with Gasteiger partial charge in [0.1, 0.15) is 6.33 Å². The number of aliphatic hydroxyl groups is 1. The van der Waals surface area contributed by atoms with Gasteiger partial charge in [-0.25, -0.2) is 9.97 Å². The highest BCUT2D eigenvalue weighted by Gasteiger charge is 2.55. The SMILES string of the molecule is CCNC(=O)[C@@H]1[C@@H](CO)[C@@H]2Cn3c(ccc(-c4cncnc4)c3=O)[C@@H]2N1Cc1ccc2c(c1)OCO2. The Kier molecular flexibility index (Phi) is 5.69. The largest absolute Gasteiger partial charge is 0.454 e. The van der Waals surface area contributed by atoms with Crippen LogP contribution in [0.4, 0.5) is 0 Å². The number of carbonyl (C=O) groups is 1. The van der Waals surface area contributed by atoms with Crippen LogP contribution >= 0.6 is 0 Å². The molecule has 0 unspecified atom stereocenters. The van der Waals surface area contributed by atoms with Gasteiger partial charge < -0.3 is 24.5 Å². The average molecular weight is 490 g/mol. The minimum atomic E-state index is -0.526. The van der Waals surface area contributed by atoms with Crippen molar-refractivity contribution in [3.63, 3.8) is 0 Å². The molecule has 0 radical (unpaired) electrons. The molecule has 0 spiro atoms. The van der Waals surface area contributed by atoms with Crippen molar-refractivity contribution in [2.24, 2.45) is 11.8 Å². The molecule has 6 rings (SSSR count). The number of rotatable bonds is 6. The first-order valence-electron chi connectivity index (χ1n) is 12.1. The van der Waals surface area contributed by atoms with Gasteiger partial charge in [-0.2, -0.15) is 0 Å². The fourth-order valence-corrected chi connectivity index (χ4v) is 5.97. The van der Waals surface area contributed by atoms with E-state index in [1.54, 1.807) is 23.0 Å². The van der Waals surface area contributed by atoms with Crippen LogP contribution in [0.3, 0.4) is 0 Å². The second-order valence-electron chi connectivity index (χ2n) is 9.37. The molecule has 10 heteroatoms. The zero-order valence-electron chi connectivity index (χ0n) is 19.8. The van der Waals surface area contributed by atoms with Crippen molar-refractivity contribution in [2.75, 3.05) is 19.9 Å². The van der Waals surface area contributed by atoms with E-state index in [-0.39, 0.29) is 42.7 Å². The first-order chi connectivity index (χ1) is 17.6. The Bertz CT molecular complexity index is 1360. The highest BCUT2D eigenvalue weighted by molar-refractivity contribution is 5.82. The minimum absolute atomic E-state index is 0.0911. The van der Waals surface area contributed by atoms with Crippen LogP contribution in [-0.4, -0.2) is 56.4 Å². The van der Waals surface area contributed by atoms with E-state index in [9.17, 15) is 14.7 Å². The molecule has 3 aromatic rings. The molecule has 1 saturated heterocycles. The number of ether oxygens (including phenoxy) is 2. The molecule has 1 aromatic carbocycles. The second kappa shape index (κ2) is 9.03. The summed E-state index contributed by atoms with van der Waals surface area (Å²) >= 11 is 0. The molecule has 4 atom stereocenters. The number of amides is 1. The molecule has 186 valence electrons. The van der Waals surface area contributed by atoms with Gasteiger partial charge in [0.15, 0.2) is 11.5 Å². The number of fused-ring (bicyclic) bond motifs is 4. The summed E-state index contributed by atoms with van der Waals surface area (Å²) in [5, 5.41) is 13.4. The number of carbonyl (C=O) groups excluding carboxylic acids is 1. The van der Waals surface area contributed by atoms with Crippen LogP contribution in [0.15, 0.2) is 53.8 Å². The van der Waals surface area contributed by atoms with E-state index in [1.165, 1.54) is 6.33 Å². The van der Waals surface area contributed by atoms with Gasteiger partial charge >= 0.3 is 0 Å². The number of pyridine rings is 1. The van der Waals surface area contributed by atoms with Crippen LogP contribution in [0.25, 0.3) is 11.1 Å². The summed E-state index contributed by atoms with van der Waals surface area (Å²) in [6.07, 6.45) is 4.68. The lowest BCUT2D eigenvalue weighted by Gasteiger charge is -2.31. The first-order valence-corrected chi connectivity index (χ1v) is 12.1. The summed E-state index contributed by atoms with van der Waals surface area (Å²) in [6.45, 7) is 3.31. The van der Waals surface area contributed by atoms with Crippen molar-refractivity contribution >= 4 is 5.91 Å². The van der Waals surface area contributed by atoms with Gasteiger partial charge in [-0.1, -0.05) is 6.07 Å². The topological polar surface area (TPSA) is 119 Å². The molecule has 36 heavy (non-hydrogen) atoms. The summed E-state index contributed by atoms with van der Waals surface area (Å²) in [6, 6.07) is 8.80. The molecular formula is C26H27N5O5. The number of likely N-dealkylation sites (tertiary alicyclic amines) is 1. The van der Waals surface area contributed by atoms with Crippen LogP contribution in [-0.2, 0) is 17.9 Å². The molecule has 0 saturated carbocycles. The molecule has 5 heterocycles. The summed E-state index contributed by atoms with van der Waals surface area (Å²) in [4.78, 5) is 37.0. The number of aliphatic hydroxyl groups excluding tert-OH is 1. The molecule has 10 nitrogen and oxygen atoms in total. The van der Waals surface area contributed by atoms with E-state index in [4.69, 9.17) is 9.47 Å². The Balaban J connectivity index is 1.42. The molecule has 3 aliphatic rings. The quantitative estimate of drug-likeness (QED) is 0.533. The first kappa shape index (κ1) is 22.7. The zero-order valence-corrected chi connectivity index (χ0v) is 19.8. The van der Waals surface area contributed by atoms with E-state index in [0.717, 1.165) is 11.3 Å². The number of aromatic nitrogens is 3. The van der Waals surface area contributed by atoms with Crippen molar-refractivity contribution in [2.45, 2.75) is 32.1 Å². The van der Waals surface area contributed by atoms with Crippen LogP contribution < -0.4 is 20.3 Å². The van der Waals surface area contributed by atoms with Gasteiger partial charge in [0.25, 0.3) is 5.56 Å². The highest BCUT2D eigenvalue weighted by Crippen LogP contribution is 2.50. The number of benzene rings is 1. The zero-order chi connectivity index (χ0) is 24.8. The maximum atomic E-state index is 13.5. The van der Waals surface area contributed by atoms with E-state index < -0.39 is 6.04 Å². The molecule has 2 N–H and O–H groups in total. The highest BCUT2D eigenvalue weighted by atomic mass is 16.7. The maximum Gasteiger partial charge on any atom is 0.258 e. The van der Waals surface area contributed by atoms with Gasteiger partial charge in [0.05, 0.1) is 17.6 Å². The number of hydrogen-bond donors (Lipinski definition) is 2. The van der Waals surface area contributed by atoms with Crippen molar-refractivity contribution in [1.82, 2.24) is 24.8 Å². The lowest BCUT2D eigenvalue weighted by Crippen LogP contribution is -2.48. The number of likely N-dealkylation sites (N-methyl/N-ethyl adjacent to an activating group) is 1. The van der Waals surface area contributed by atoms with Crippen molar-refractivity contribution in [3.8, 4) is 22.6 Å². The lowest BCUT2D eigenvalue weighted by atomic mass is 9.88. The van der Waals surface area contributed by atoms with E-state index in [0.29, 0.717) is 42.3 Å². The van der Waals surface area contributed by atoms with Gasteiger partial charge in [-0.3, -0.25) is 14.5 Å². The molecule has 0 bridgehead atoms. The Morgan fingerprint density at radius 3 is 2.75 bits per heavy atom. The third kappa shape index (κ3) is 3.56. The molecular weight excluding hydrogens is 462 g/mol.